The van der Waals surface area contributed by atoms with Gasteiger partial charge in [-0.3, -0.25) is 14.9 Å². The summed E-state index contributed by atoms with van der Waals surface area (Å²) in [4.78, 5) is 26.5. The van der Waals surface area contributed by atoms with E-state index in [1.54, 1.807) is 16.7 Å². The first kappa shape index (κ1) is 20.6. The molecule has 3 rings (SSSR count). The minimum atomic E-state index is -4.66. The number of anilines is 1. The Morgan fingerprint density at radius 3 is 2.48 bits per heavy atom. The molecule has 2 heterocycles. The van der Waals surface area contributed by atoms with Crippen LogP contribution < -0.4 is 4.90 Å². The summed E-state index contributed by atoms with van der Waals surface area (Å²) in [6.45, 7) is 4.56. The molecule has 1 aromatic carbocycles. The van der Waals surface area contributed by atoms with E-state index in [4.69, 9.17) is 4.52 Å². The SMILES string of the molecule is CCc1noc(C)c1C(=O)N1CCN(c2ccc(C(F)(F)F)cc2[N+](=O)[O-])CC1. The number of amides is 1. The number of hydrogen-bond donors (Lipinski definition) is 0. The Bertz CT molecular complexity index is 934. The van der Waals surface area contributed by atoms with E-state index in [2.05, 4.69) is 5.16 Å². The summed E-state index contributed by atoms with van der Waals surface area (Å²) in [6, 6.07) is 2.48. The molecule has 0 unspecified atom stereocenters. The van der Waals surface area contributed by atoms with E-state index < -0.39 is 22.4 Å². The minimum Gasteiger partial charge on any atom is -0.362 e. The molecule has 0 radical (unpaired) electrons. The average molecular weight is 412 g/mol. The zero-order valence-corrected chi connectivity index (χ0v) is 15.8. The number of aryl methyl sites for hydroxylation is 2. The molecule has 1 amide bonds. The lowest BCUT2D eigenvalue weighted by Crippen LogP contribution is -2.49. The Morgan fingerprint density at radius 1 is 1.28 bits per heavy atom. The van der Waals surface area contributed by atoms with Crippen LogP contribution in [0.25, 0.3) is 0 Å². The van der Waals surface area contributed by atoms with Crippen LogP contribution in [0, 0.1) is 17.0 Å². The predicted octanol–water partition coefficient (Wildman–Crippen LogP) is 3.43. The van der Waals surface area contributed by atoms with Crippen molar-refractivity contribution in [3.8, 4) is 0 Å². The van der Waals surface area contributed by atoms with Crippen LogP contribution in [-0.4, -0.2) is 47.1 Å². The van der Waals surface area contributed by atoms with Crippen molar-refractivity contribution >= 4 is 17.3 Å². The van der Waals surface area contributed by atoms with Crippen LogP contribution in [0.5, 0.6) is 0 Å². The first-order valence-electron chi connectivity index (χ1n) is 8.98. The monoisotopic (exact) mass is 412 g/mol. The number of hydrogen-bond acceptors (Lipinski definition) is 6. The maximum absolute atomic E-state index is 12.9. The number of halogens is 3. The molecule has 1 saturated heterocycles. The van der Waals surface area contributed by atoms with E-state index in [-0.39, 0.29) is 37.8 Å². The number of nitrogens with zero attached hydrogens (tertiary/aromatic N) is 4. The highest BCUT2D eigenvalue weighted by atomic mass is 19.4. The van der Waals surface area contributed by atoms with Gasteiger partial charge in [0.05, 0.1) is 16.2 Å². The van der Waals surface area contributed by atoms with Crippen LogP contribution in [-0.2, 0) is 12.6 Å². The van der Waals surface area contributed by atoms with Crippen LogP contribution in [0.4, 0.5) is 24.5 Å². The molecule has 8 nitrogen and oxygen atoms in total. The summed E-state index contributed by atoms with van der Waals surface area (Å²) in [5.41, 5.74) is -0.597. The molecular formula is C18H19F3N4O4. The van der Waals surface area contributed by atoms with E-state index in [1.165, 1.54) is 0 Å². The summed E-state index contributed by atoms with van der Waals surface area (Å²) >= 11 is 0. The fourth-order valence-corrected chi connectivity index (χ4v) is 3.36. The molecule has 1 aliphatic rings. The van der Waals surface area contributed by atoms with Gasteiger partial charge >= 0.3 is 6.18 Å². The third kappa shape index (κ3) is 4.03. The second-order valence-electron chi connectivity index (χ2n) is 6.65. The molecule has 0 spiro atoms. The lowest BCUT2D eigenvalue weighted by atomic mass is 10.1. The van der Waals surface area contributed by atoms with Crippen LogP contribution in [0.15, 0.2) is 22.7 Å². The fraction of sp³-hybridized carbons (Fsp3) is 0.444. The lowest BCUT2D eigenvalue weighted by molar-refractivity contribution is -0.384. The Labute approximate surface area is 164 Å². The molecule has 2 aromatic rings. The number of nitro groups is 1. The van der Waals surface area contributed by atoms with E-state index in [1.807, 2.05) is 6.92 Å². The van der Waals surface area contributed by atoms with Crippen molar-refractivity contribution in [3.63, 3.8) is 0 Å². The number of rotatable bonds is 4. The number of carbonyl (C=O) groups is 1. The maximum atomic E-state index is 12.9. The second kappa shape index (κ2) is 7.72. The zero-order chi connectivity index (χ0) is 21.3. The Hall–Kier alpha value is -3.11. The first-order valence-corrected chi connectivity index (χ1v) is 8.98. The van der Waals surface area contributed by atoms with Crippen molar-refractivity contribution in [2.45, 2.75) is 26.4 Å². The number of carbonyl (C=O) groups excluding carboxylic acids is 1. The average Bonchev–Trinajstić information content (AvgIpc) is 3.07. The van der Waals surface area contributed by atoms with Crippen molar-refractivity contribution in [1.82, 2.24) is 10.1 Å². The Kier molecular flexibility index (Phi) is 5.49. The molecule has 1 aliphatic heterocycles. The number of aromatic nitrogens is 1. The molecule has 29 heavy (non-hydrogen) atoms. The van der Waals surface area contributed by atoms with Crippen molar-refractivity contribution in [1.29, 1.82) is 0 Å². The molecular weight excluding hydrogens is 393 g/mol. The molecule has 11 heteroatoms. The molecule has 0 bridgehead atoms. The van der Waals surface area contributed by atoms with Gasteiger partial charge in [0, 0.05) is 32.2 Å². The van der Waals surface area contributed by atoms with Crippen LogP contribution >= 0.6 is 0 Å². The molecule has 1 aromatic heterocycles. The van der Waals surface area contributed by atoms with Gasteiger partial charge in [-0.2, -0.15) is 13.2 Å². The highest BCUT2D eigenvalue weighted by molar-refractivity contribution is 5.96. The van der Waals surface area contributed by atoms with Crippen molar-refractivity contribution in [2.75, 3.05) is 31.1 Å². The fourth-order valence-electron chi connectivity index (χ4n) is 3.36. The second-order valence-corrected chi connectivity index (χ2v) is 6.65. The van der Waals surface area contributed by atoms with Crippen LogP contribution in [0.2, 0.25) is 0 Å². The molecule has 0 N–H and O–H groups in total. The molecule has 0 atom stereocenters. The van der Waals surface area contributed by atoms with Gasteiger partial charge in [-0.15, -0.1) is 0 Å². The molecule has 0 aliphatic carbocycles. The quantitative estimate of drug-likeness (QED) is 0.564. The normalized spacial score (nSPS) is 14.9. The van der Waals surface area contributed by atoms with Crippen molar-refractivity contribution in [3.05, 3.63) is 50.9 Å². The van der Waals surface area contributed by atoms with Gasteiger partial charge in [0.1, 0.15) is 17.0 Å². The number of nitro benzene ring substituents is 1. The van der Waals surface area contributed by atoms with Crippen LogP contribution in [0.1, 0.15) is 34.3 Å². The third-order valence-electron chi connectivity index (χ3n) is 4.89. The smallest absolute Gasteiger partial charge is 0.362 e. The number of piperazine rings is 1. The summed E-state index contributed by atoms with van der Waals surface area (Å²) in [6.07, 6.45) is -4.13. The predicted molar refractivity (Wildman–Crippen MR) is 96.8 cm³/mol. The highest BCUT2D eigenvalue weighted by Gasteiger charge is 2.35. The molecule has 0 saturated carbocycles. The first-order chi connectivity index (χ1) is 13.6. The minimum absolute atomic E-state index is 0.102. The largest absolute Gasteiger partial charge is 0.416 e. The van der Waals surface area contributed by atoms with E-state index >= 15 is 0 Å². The van der Waals surface area contributed by atoms with Gasteiger partial charge in [0.15, 0.2) is 0 Å². The maximum Gasteiger partial charge on any atom is 0.416 e. The Morgan fingerprint density at radius 2 is 1.93 bits per heavy atom. The Balaban J connectivity index is 1.78. The zero-order valence-electron chi connectivity index (χ0n) is 15.8. The molecule has 156 valence electrons. The van der Waals surface area contributed by atoms with Crippen molar-refractivity contribution < 1.29 is 27.4 Å². The van der Waals surface area contributed by atoms with Gasteiger partial charge in [0.25, 0.3) is 11.6 Å². The number of alkyl halides is 3. The summed E-state index contributed by atoms with van der Waals surface area (Å²) in [7, 11) is 0. The third-order valence-corrected chi connectivity index (χ3v) is 4.89. The molecule has 1 fully saturated rings. The van der Waals surface area contributed by atoms with Gasteiger partial charge in [-0.1, -0.05) is 12.1 Å². The number of benzene rings is 1. The summed E-state index contributed by atoms with van der Waals surface area (Å²) < 4.78 is 43.7. The van der Waals surface area contributed by atoms with E-state index in [9.17, 15) is 28.1 Å². The standard InChI is InChI=1S/C18H19F3N4O4/c1-3-13-16(11(2)29-22-13)17(26)24-8-6-23(7-9-24)14-5-4-12(18(19,20)21)10-15(14)25(27)28/h4-5,10H,3,6-9H2,1-2H3. The van der Waals surface area contributed by atoms with Gasteiger partial charge in [-0.05, 0) is 25.5 Å². The van der Waals surface area contributed by atoms with Gasteiger partial charge in [0.2, 0.25) is 0 Å². The van der Waals surface area contributed by atoms with E-state index in [0.29, 0.717) is 29.5 Å². The van der Waals surface area contributed by atoms with Crippen LogP contribution in [0.3, 0.4) is 0 Å². The highest BCUT2D eigenvalue weighted by Crippen LogP contribution is 2.36. The van der Waals surface area contributed by atoms with Gasteiger partial charge in [-0.25, -0.2) is 0 Å². The van der Waals surface area contributed by atoms with Gasteiger partial charge < -0.3 is 14.3 Å². The topological polar surface area (TPSA) is 92.7 Å². The van der Waals surface area contributed by atoms with Crippen molar-refractivity contribution in [2.24, 2.45) is 0 Å². The summed E-state index contributed by atoms with van der Waals surface area (Å²) in [5.74, 6) is 0.190. The summed E-state index contributed by atoms with van der Waals surface area (Å²) in [5, 5.41) is 15.2. The lowest BCUT2D eigenvalue weighted by Gasteiger charge is -2.35. The van der Waals surface area contributed by atoms with E-state index in [0.717, 1.165) is 12.1 Å².